The van der Waals surface area contributed by atoms with Gasteiger partial charge in [-0.1, -0.05) is 0 Å². The third-order valence-electron chi connectivity index (χ3n) is 3.81. The monoisotopic (exact) mass is 250 g/mol. The van der Waals surface area contributed by atoms with Crippen LogP contribution < -0.4 is 4.90 Å². The van der Waals surface area contributed by atoms with Gasteiger partial charge in [0.05, 0.1) is 0 Å². The molecule has 0 amide bonds. The number of hydrogen-bond acceptors (Lipinski definition) is 4. The first-order chi connectivity index (χ1) is 8.25. The van der Waals surface area contributed by atoms with Crippen LogP contribution in [0.1, 0.15) is 54.4 Å². The van der Waals surface area contributed by atoms with Crippen molar-refractivity contribution in [2.45, 2.75) is 51.5 Å². The number of thiazole rings is 1. The summed E-state index contributed by atoms with van der Waals surface area (Å²) in [6, 6.07) is 0.575. The predicted octanol–water partition coefficient (Wildman–Crippen LogP) is 3.04. The highest BCUT2D eigenvalue weighted by Crippen LogP contribution is 2.34. The molecule has 1 aliphatic heterocycles. The SMILES string of the molecule is CC1CCCCN1c1nc2c(s1)CCCC2=O. The highest BCUT2D eigenvalue weighted by atomic mass is 32.1. The lowest BCUT2D eigenvalue weighted by Crippen LogP contribution is -2.37. The van der Waals surface area contributed by atoms with Gasteiger partial charge in [0.1, 0.15) is 5.69 Å². The Morgan fingerprint density at radius 1 is 1.29 bits per heavy atom. The van der Waals surface area contributed by atoms with E-state index in [2.05, 4.69) is 16.8 Å². The molecule has 1 saturated heterocycles. The van der Waals surface area contributed by atoms with E-state index in [1.54, 1.807) is 11.3 Å². The maximum atomic E-state index is 11.8. The Balaban J connectivity index is 1.90. The fourth-order valence-electron chi connectivity index (χ4n) is 2.76. The second kappa shape index (κ2) is 4.41. The van der Waals surface area contributed by atoms with Gasteiger partial charge in [0.15, 0.2) is 10.9 Å². The van der Waals surface area contributed by atoms with Crippen molar-refractivity contribution in [2.75, 3.05) is 11.4 Å². The summed E-state index contributed by atoms with van der Waals surface area (Å²) in [5.74, 6) is 0.249. The van der Waals surface area contributed by atoms with Crippen molar-refractivity contribution in [3.05, 3.63) is 10.6 Å². The van der Waals surface area contributed by atoms with Crippen LogP contribution in [0.4, 0.5) is 5.13 Å². The zero-order valence-electron chi connectivity index (χ0n) is 10.2. The zero-order valence-corrected chi connectivity index (χ0v) is 11.1. The molecule has 17 heavy (non-hydrogen) atoms. The standard InChI is InChI=1S/C13H18N2OS/c1-9-5-2-3-8-15(9)13-14-12-10(16)6-4-7-11(12)17-13/h9H,2-8H2,1H3. The Bertz CT molecular complexity index is 441. The Hall–Kier alpha value is -0.900. The largest absolute Gasteiger partial charge is 0.345 e. The summed E-state index contributed by atoms with van der Waals surface area (Å²) in [4.78, 5) is 20.0. The van der Waals surface area contributed by atoms with Gasteiger partial charge >= 0.3 is 0 Å². The molecule has 0 radical (unpaired) electrons. The molecular weight excluding hydrogens is 232 g/mol. The van der Waals surface area contributed by atoms with Gasteiger partial charge in [-0.05, 0) is 39.0 Å². The van der Waals surface area contributed by atoms with E-state index < -0.39 is 0 Å². The van der Waals surface area contributed by atoms with E-state index in [9.17, 15) is 4.79 Å². The van der Waals surface area contributed by atoms with E-state index in [1.807, 2.05) is 0 Å². The van der Waals surface area contributed by atoms with Crippen LogP contribution in [0.5, 0.6) is 0 Å². The number of piperidine rings is 1. The molecule has 0 spiro atoms. The van der Waals surface area contributed by atoms with Crippen LogP contribution in [0.25, 0.3) is 0 Å². The van der Waals surface area contributed by atoms with E-state index in [4.69, 9.17) is 0 Å². The molecule has 2 heterocycles. The smallest absolute Gasteiger partial charge is 0.186 e. The molecule has 1 aliphatic carbocycles. The van der Waals surface area contributed by atoms with E-state index >= 15 is 0 Å². The van der Waals surface area contributed by atoms with E-state index in [0.717, 1.165) is 30.2 Å². The van der Waals surface area contributed by atoms with Crippen molar-refractivity contribution in [1.82, 2.24) is 4.98 Å². The number of ketones is 1. The van der Waals surface area contributed by atoms with Crippen LogP contribution >= 0.6 is 11.3 Å². The Morgan fingerprint density at radius 3 is 2.94 bits per heavy atom. The number of Topliss-reactive ketones (excluding diaryl/α,β-unsaturated/α-hetero) is 1. The molecule has 1 aromatic rings. The molecule has 0 saturated carbocycles. The number of aromatic nitrogens is 1. The average molecular weight is 250 g/mol. The molecule has 1 fully saturated rings. The third-order valence-corrected chi connectivity index (χ3v) is 4.96. The van der Waals surface area contributed by atoms with Crippen LogP contribution in [-0.4, -0.2) is 23.4 Å². The summed E-state index contributed by atoms with van der Waals surface area (Å²) in [7, 11) is 0. The second-order valence-electron chi connectivity index (χ2n) is 5.08. The Labute approximate surface area is 106 Å². The fourth-order valence-corrected chi connectivity index (χ4v) is 4.01. The predicted molar refractivity (Wildman–Crippen MR) is 70.0 cm³/mol. The van der Waals surface area contributed by atoms with Crippen molar-refractivity contribution in [1.29, 1.82) is 0 Å². The number of anilines is 1. The summed E-state index contributed by atoms with van der Waals surface area (Å²) in [5.41, 5.74) is 0.772. The quantitative estimate of drug-likeness (QED) is 0.768. The first kappa shape index (κ1) is 11.2. The lowest BCUT2D eigenvalue weighted by Gasteiger charge is -2.33. The van der Waals surface area contributed by atoms with Crippen molar-refractivity contribution in [3.8, 4) is 0 Å². The van der Waals surface area contributed by atoms with Gasteiger partial charge in [-0.15, -0.1) is 11.3 Å². The van der Waals surface area contributed by atoms with Crippen LogP contribution in [0.3, 0.4) is 0 Å². The van der Waals surface area contributed by atoms with Crippen LogP contribution in [0.2, 0.25) is 0 Å². The van der Waals surface area contributed by atoms with Gasteiger partial charge < -0.3 is 4.90 Å². The van der Waals surface area contributed by atoms with Crippen molar-refractivity contribution in [2.24, 2.45) is 0 Å². The highest BCUT2D eigenvalue weighted by molar-refractivity contribution is 7.16. The molecule has 1 unspecified atom stereocenters. The zero-order chi connectivity index (χ0) is 11.8. The number of carbonyl (C=O) groups excluding carboxylic acids is 1. The van der Waals surface area contributed by atoms with E-state index in [0.29, 0.717) is 12.5 Å². The van der Waals surface area contributed by atoms with Gasteiger partial charge in [0.25, 0.3) is 0 Å². The highest BCUT2D eigenvalue weighted by Gasteiger charge is 2.27. The number of rotatable bonds is 1. The van der Waals surface area contributed by atoms with Gasteiger partial charge in [-0.3, -0.25) is 4.79 Å². The Kier molecular flexibility index (Phi) is 2.90. The van der Waals surface area contributed by atoms with Gasteiger partial charge in [-0.25, -0.2) is 4.98 Å². The molecule has 2 aliphatic rings. The number of aryl methyl sites for hydroxylation is 1. The topological polar surface area (TPSA) is 33.2 Å². The molecule has 3 nitrogen and oxygen atoms in total. The molecule has 0 N–H and O–H groups in total. The van der Waals surface area contributed by atoms with Gasteiger partial charge in [0.2, 0.25) is 0 Å². The van der Waals surface area contributed by atoms with E-state index in [-0.39, 0.29) is 5.78 Å². The minimum absolute atomic E-state index is 0.249. The van der Waals surface area contributed by atoms with Gasteiger partial charge in [0, 0.05) is 23.9 Å². The van der Waals surface area contributed by atoms with E-state index in [1.165, 1.54) is 24.1 Å². The Morgan fingerprint density at radius 2 is 2.18 bits per heavy atom. The van der Waals surface area contributed by atoms with Crippen LogP contribution in [0, 0.1) is 0 Å². The molecule has 1 aromatic heterocycles. The minimum Gasteiger partial charge on any atom is -0.345 e. The molecule has 92 valence electrons. The summed E-state index contributed by atoms with van der Waals surface area (Å²) in [6.07, 6.45) is 6.55. The molecule has 4 heteroatoms. The lowest BCUT2D eigenvalue weighted by atomic mass is 10.0. The fraction of sp³-hybridized carbons (Fsp3) is 0.692. The van der Waals surface area contributed by atoms with Crippen molar-refractivity contribution < 1.29 is 4.79 Å². The van der Waals surface area contributed by atoms with Crippen LogP contribution in [0.15, 0.2) is 0 Å². The summed E-state index contributed by atoms with van der Waals surface area (Å²) in [5, 5.41) is 1.08. The molecule has 0 aromatic carbocycles. The molecule has 0 bridgehead atoms. The summed E-state index contributed by atoms with van der Waals surface area (Å²) >= 11 is 1.74. The normalized spacial score (nSPS) is 24.9. The lowest BCUT2D eigenvalue weighted by molar-refractivity contribution is 0.0968. The first-order valence-corrected chi connectivity index (χ1v) is 7.37. The van der Waals surface area contributed by atoms with Crippen LogP contribution in [-0.2, 0) is 6.42 Å². The number of fused-ring (bicyclic) bond motifs is 1. The molecule has 1 atom stereocenters. The minimum atomic E-state index is 0.249. The van der Waals surface area contributed by atoms with Crippen molar-refractivity contribution in [3.63, 3.8) is 0 Å². The number of carbonyl (C=O) groups is 1. The maximum absolute atomic E-state index is 11.8. The first-order valence-electron chi connectivity index (χ1n) is 6.55. The average Bonchev–Trinajstić information content (AvgIpc) is 2.75. The maximum Gasteiger partial charge on any atom is 0.186 e. The number of nitrogens with zero attached hydrogens (tertiary/aromatic N) is 2. The molecule has 3 rings (SSSR count). The summed E-state index contributed by atoms with van der Waals surface area (Å²) < 4.78 is 0. The third kappa shape index (κ3) is 1.99. The van der Waals surface area contributed by atoms with Crippen molar-refractivity contribution >= 4 is 22.3 Å². The summed E-state index contributed by atoms with van der Waals surface area (Å²) in [6.45, 7) is 3.36. The number of hydrogen-bond donors (Lipinski definition) is 0. The second-order valence-corrected chi connectivity index (χ2v) is 6.15. The molecular formula is C13H18N2OS. The van der Waals surface area contributed by atoms with Gasteiger partial charge in [-0.2, -0.15) is 0 Å².